The maximum Gasteiger partial charge on any atom is 0.349 e. The molecule has 0 unspecified atom stereocenters. The average Bonchev–Trinajstić information content (AvgIpc) is 2.59. The van der Waals surface area contributed by atoms with Gasteiger partial charge < -0.3 is 4.74 Å². The van der Waals surface area contributed by atoms with E-state index in [0.717, 1.165) is 15.6 Å². The first-order valence-electron chi connectivity index (χ1n) is 4.11. The highest BCUT2D eigenvalue weighted by Crippen LogP contribution is 2.31. The molecule has 90 valence electrons. The molecule has 0 aliphatic rings. The van der Waals surface area contributed by atoms with Crippen molar-refractivity contribution in [2.75, 3.05) is 21.2 Å². The number of esters is 1. The molecule has 1 heterocycles. The van der Waals surface area contributed by atoms with Crippen LogP contribution >= 0.6 is 22.9 Å². The summed E-state index contributed by atoms with van der Waals surface area (Å²) in [6.45, 7) is 0. The normalized spacial score (nSPS) is 11.8. The zero-order valence-electron chi connectivity index (χ0n) is 8.85. The molecule has 0 saturated heterocycles. The summed E-state index contributed by atoms with van der Waals surface area (Å²) in [5, 5.41) is 0. The molecule has 1 aromatic heterocycles. The first kappa shape index (κ1) is 13.4. The van der Waals surface area contributed by atoms with E-state index in [-0.39, 0.29) is 14.1 Å². The van der Waals surface area contributed by atoms with Gasteiger partial charge in [-0.3, -0.25) is 0 Å². The number of sulfonamides is 1. The van der Waals surface area contributed by atoms with Crippen molar-refractivity contribution in [3.05, 3.63) is 15.3 Å². The summed E-state index contributed by atoms with van der Waals surface area (Å²) >= 11 is 6.58. The molecule has 0 spiro atoms. The summed E-state index contributed by atoms with van der Waals surface area (Å²) in [6, 6.07) is 1.24. The van der Waals surface area contributed by atoms with Crippen LogP contribution in [0, 0.1) is 0 Å². The predicted octanol–water partition coefficient (Wildman–Crippen LogP) is 1.44. The van der Waals surface area contributed by atoms with Gasteiger partial charge in [-0.05, 0) is 6.07 Å². The van der Waals surface area contributed by atoms with Crippen molar-refractivity contribution < 1.29 is 17.9 Å². The number of rotatable bonds is 3. The minimum atomic E-state index is -3.68. The fraction of sp³-hybridized carbons (Fsp3) is 0.375. The van der Waals surface area contributed by atoms with Crippen molar-refractivity contribution >= 4 is 38.9 Å². The van der Waals surface area contributed by atoms with Crippen LogP contribution in [0.2, 0.25) is 4.34 Å². The molecule has 0 radical (unpaired) electrons. The summed E-state index contributed by atoms with van der Waals surface area (Å²) in [4.78, 5) is 11.2. The predicted molar refractivity (Wildman–Crippen MR) is 61.5 cm³/mol. The second kappa shape index (κ2) is 4.70. The molecular formula is C8H10ClNO4S2. The fourth-order valence-electron chi connectivity index (χ4n) is 0.969. The lowest BCUT2D eigenvalue weighted by atomic mass is 10.5. The van der Waals surface area contributed by atoms with Crippen LogP contribution in [0.5, 0.6) is 0 Å². The van der Waals surface area contributed by atoms with Gasteiger partial charge in [0.05, 0.1) is 11.4 Å². The third-order valence-corrected chi connectivity index (χ3v) is 5.01. The zero-order chi connectivity index (χ0) is 12.5. The quantitative estimate of drug-likeness (QED) is 0.788. The summed E-state index contributed by atoms with van der Waals surface area (Å²) in [5.74, 6) is -0.711. The molecule has 0 atom stereocenters. The molecule has 0 saturated carbocycles. The number of halogens is 1. The van der Waals surface area contributed by atoms with E-state index in [4.69, 9.17) is 11.6 Å². The van der Waals surface area contributed by atoms with Gasteiger partial charge in [-0.15, -0.1) is 11.3 Å². The van der Waals surface area contributed by atoms with Gasteiger partial charge in [0.25, 0.3) is 0 Å². The molecule has 16 heavy (non-hydrogen) atoms. The molecule has 0 amide bonds. The molecular weight excluding hydrogens is 274 g/mol. The summed E-state index contributed by atoms with van der Waals surface area (Å²) < 4.78 is 29.4. The molecule has 0 bridgehead atoms. The van der Waals surface area contributed by atoms with Crippen molar-refractivity contribution in [1.82, 2.24) is 4.31 Å². The standard InChI is InChI=1S/C8H10ClNO4S2/c1-10(2)16(12,13)5-4-6(9)15-7(5)8(11)14-3/h4H,1-3H3. The van der Waals surface area contributed by atoms with Crippen LogP contribution in [0.1, 0.15) is 9.67 Å². The van der Waals surface area contributed by atoms with Crippen LogP contribution in [-0.4, -0.2) is 39.9 Å². The number of ether oxygens (including phenoxy) is 1. The summed E-state index contributed by atoms with van der Waals surface area (Å²) in [7, 11) is 0.253. The first-order chi connectivity index (χ1) is 7.30. The molecule has 5 nitrogen and oxygen atoms in total. The Morgan fingerprint density at radius 1 is 1.50 bits per heavy atom. The van der Waals surface area contributed by atoms with E-state index >= 15 is 0 Å². The number of methoxy groups -OCH3 is 1. The van der Waals surface area contributed by atoms with Gasteiger partial charge in [0.15, 0.2) is 0 Å². The Kier molecular flexibility index (Phi) is 3.95. The largest absolute Gasteiger partial charge is 0.465 e. The lowest BCUT2D eigenvalue weighted by molar-refractivity contribution is 0.0602. The Morgan fingerprint density at radius 2 is 2.06 bits per heavy atom. The highest BCUT2D eigenvalue weighted by Gasteiger charge is 2.28. The van der Waals surface area contributed by atoms with Gasteiger partial charge in [0.2, 0.25) is 10.0 Å². The van der Waals surface area contributed by atoms with E-state index in [2.05, 4.69) is 4.74 Å². The molecule has 1 rings (SSSR count). The van der Waals surface area contributed by atoms with Crippen LogP contribution in [-0.2, 0) is 14.8 Å². The Labute approximate surface area is 103 Å². The number of nitrogens with zero attached hydrogens (tertiary/aromatic N) is 1. The summed E-state index contributed by atoms with van der Waals surface area (Å²) in [5.41, 5.74) is 0. The van der Waals surface area contributed by atoms with E-state index in [1.165, 1.54) is 27.3 Å². The van der Waals surface area contributed by atoms with Crippen LogP contribution in [0.25, 0.3) is 0 Å². The van der Waals surface area contributed by atoms with Crippen LogP contribution < -0.4 is 0 Å². The smallest absolute Gasteiger partial charge is 0.349 e. The number of thiophene rings is 1. The van der Waals surface area contributed by atoms with E-state index in [1.54, 1.807) is 0 Å². The SMILES string of the molecule is COC(=O)c1sc(Cl)cc1S(=O)(=O)N(C)C. The van der Waals surface area contributed by atoms with E-state index < -0.39 is 16.0 Å². The van der Waals surface area contributed by atoms with E-state index in [1.807, 2.05) is 0 Å². The summed E-state index contributed by atoms with van der Waals surface area (Å²) in [6.07, 6.45) is 0. The molecule has 0 aromatic carbocycles. The van der Waals surface area contributed by atoms with Crippen molar-refractivity contribution in [3.63, 3.8) is 0 Å². The Bertz CT molecular complexity index is 506. The van der Waals surface area contributed by atoms with E-state index in [9.17, 15) is 13.2 Å². The highest BCUT2D eigenvalue weighted by molar-refractivity contribution is 7.89. The van der Waals surface area contributed by atoms with Gasteiger partial charge in [-0.1, -0.05) is 11.6 Å². The molecule has 0 aliphatic carbocycles. The zero-order valence-corrected chi connectivity index (χ0v) is 11.2. The van der Waals surface area contributed by atoms with Gasteiger partial charge in [0, 0.05) is 14.1 Å². The number of carbonyl (C=O) groups excluding carboxylic acids is 1. The monoisotopic (exact) mass is 283 g/mol. The van der Waals surface area contributed by atoms with Crippen LogP contribution in [0.15, 0.2) is 11.0 Å². The van der Waals surface area contributed by atoms with Crippen molar-refractivity contribution in [1.29, 1.82) is 0 Å². The number of hydrogen-bond acceptors (Lipinski definition) is 5. The number of hydrogen-bond donors (Lipinski definition) is 0. The first-order valence-corrected chi connectivity index (χ1v) is 6.74. The Hall–Kier alpha value is -0.630. The maximum absolute atomic E-state index is 11.9. The van der Waals surface area contributed by atoms with Gasteiger partial charge in [0.1, 0.15) is 9.77 Å². The molecule has 0 aliphatic heterocycles. The second-order valence-electron chi connectivity index (χ2n) is 3.02. The maximum atomic E-state index is 11.9. The third-order valence-electron chi connectivity index (χ3n) is 1.80. The van der Waals surface area contributed by atoms with Gasteiger partial charge in [-0.25, -0.2) is 17.5 Å². The third kappa shape index (κ3) is 2.37. The van der Waals surface area contributed by atoms with Crippen LogP contribution in [0.3, 0.4) is 0 Å². The molecule has 1 aromatic rings. The topological polar surface area (TPSA) is 63.7 Å². The lowest BCUT2D eigenvalue weighted by Gasteiger charge is -2.10. The Morgan fingerprint density at radius 3 is 2.50 bits per heavy atom. The van der Waals surface area contributed by atoms with Crippen molar-refractivity contribution in [2.45, 2.75) is 4.90 Å². The minimum absolute atomic E-state index is 0.0128. The molecule has 0 fully saturated rings. The molecule has 8 heteroatoms. The average molecular weight is 284 g/mol. The lowest BCUT2D eigenvalue weighted by Crippen LogP contribution is -2.23. The van der Waals surface area contributed by atoms with Gasteiger partial charge in [-0.2, -0.15) is 0 Å². The number of carbonyl (C=O) groups is 1. The van der Waals surface area contributed by atoms with Crippen LogP contribution in [0.4, 0.5) is 0 Å². The minimum Gasteiger partial charge on any atom is -0.465 e. The van der Waals surface area contributed by atoms with Crippen molar-refractivity contribution in [2.24, 2.45) is 0 Å². The fourth-order valence-corrected chi connectivity index (χ4v) is 3.57. The van der Waals surface area contributed by atoms with Crippen molar-refractivity contribution in [3.8, 4) is 0 Å². The molecule has 0 N–H and O–H groups in total. The van der Waals surface area contributed by atoms with E-state index in [0.29, 0.717) is 0 Å². The highest BCUT2D eigenvalue weighted by atomic mass is 35.5. The Balaban J connectivity index is 3.40. The van der Waals surface area contributed by atoms with Gasteiger partial charge >= 0.3 is 5.97 Å². The second-order valence-corrected chi connectivity index (χ2v) is 6.83.